The molecule has 6 rings (SSSR count). The molecule has 3 saturated heterocycles. The zero-order valence-corrected chi connectivity index (χ0v) is 28.2. The van der Waals surface area contributed by atoms with Crippen LogP contribution in [0.25, 0.3) is 0 Å². The van der Waals surface area contributed by atoms with Crippen molar-refractivity contribution in [3.63, 3.8) is 0 Å². The number of anilines is 1. The number of ether oxygens (including phenoxy) is 3. The van der Waals surface area contributed by atoms with Gasteiger partial charge < -0.3 is 34.2 Å². The molecule has 2 aromatic rings. The molecule has 0 saturated carbocycles. The Morgan fingerprint density at radius 2 is 1.85 bits per heavy atom. The number of methoxy groups -OCH3 is 2. The van der Waals surface area contributed by atoms with Crippen molar-refractivity contribution in [3.05, 3.63) is 33.8 Å². The lowest BCUT2D eigenvalue weighted by Crippen LogP contribution is -2.60. The standard InChI is InChI=1S/C34H47N5O6S/c1-22-32(46-34(36-22)37-12-14-45-15-13-37)33(42)38-19-24-17-26(21-38)27-7-4-8-29(40)35-11-5-6-25-16-23(9-10-30(41)39(27)20-24)18-28(43-2)31(25)44-3/h16,18,24,26-27H,4-15,17,19-21H2,1-3H3,(H,35,40)/t24-,26+,27-/m0/s1. The zero-order chi connectivity index (χ0) is 32.2. The van der Waals surface area contributed by atoms with Crippen LogP contribution in [-0.4, -0.2) is 105 Å². The lowest BCUT2D eigenvalue weighted by molar-refractivity contribution is -0.140. The minimum atomic E-state index is -0.00695. The number of carbonyl (C=O) groups is 3. The number of likely N-dealkylation sites (tertiary alicyclic amines) is 1. The molecule has 0 spiro atoms. The summed E-state index contributed by atoms with van der Waals surface area (Å²) in [5.74, 6) is 1.98. The number of carbonyl (C=O) groups excluding carboxylic acids is 3. The van der Waals surface area contributed by atoms with E-state index in [0.717, 1.165) is 60.7 Å². The second kappa shape index (κ2) is 14.6. The number of fused-ring (bicyclic) bond motifs is 6. The largest absolute Gasteiger partial charge is 0.493 e. The van der Waals surface area contributed by atoms with Crippen molar-refractivity contribution in [3.8, 4) is 11.5 Å². The summed E-state index contributed by atoms with van der Waals surface area (Å²) in [7, 11) is 3.27. The predicted octanol–water partition coefficient (Wildman–Crippen LogP) is 3.46. The van der Waals surface area contributed by atoms with E-state index in [9.17, 15) is 14.4 Å². The first-order chi connectivity index (χ1) is 22.3. The van der Waals surface area contributed by atoms with E-state index in [-0.39, 0.29) is 35.6 Å². The quantitative estimate of drug-likeness (QED) is 0.534. The Balaban J connectivity index is 1.20. The fourth-order valence-corrected chi connectivity index (χ4v) is 8.77. The van der Waals surface area contributed by atoms with Crippen molar-refractivity contribution in [2.45, 2.75) is 64.3 Å². The fraction of sp³-hybridized carbons (Fsp3) is 0.647. The van der Waals surface area contributed by atoms with E-state index in [1.54, 1.807) is 14.2 Å². The number of rotatable bonds is 4. The number of hydrogen-bond donors (Lipinski definition) is 1. The van der Waals surface area contributed by atoms with Gasteiger partial charge in [0.15, 0.2) is 16.6 Å². The van der Waals surface area contributed by atoms with E-state index in [4.69, 9.17) is 19.2 Å². The number of hydrogen-bond acceptors (Lipinski definition) is 9. The molecule has 1 aromatic carbocycles. The lowest BCUT2D eigenvalue weighted by atomic mass is 9.77. The summed E-state index contributed by atoms with van der Waals surface area (Å²) >= 11 is 1.48. The van der Waals surface area contributed by atoms with Crippen molar-refractivity contribution in [1.82, 2.24) is 20.1 Å². The first-order valence-corrected chi connectivity index (χ1v) is 17.6. The molecule has 4 bridgehead atoms. The molecule has 12 heteroatoms. The molecule has 250 valence electrons. The Morgan fingerprint density at radius 3 is 2.63 bits per heavy atom. The first-order valence-electron chi connectivity index (χ1n) is 16.7. The molecule has 0 aliphatic carbocycles. The summed E-state index contributed by atoms with van der Waals surface area (Å²) < 4.78 is 16.8. The van der Waals surface area contributed by atoms with Gasteiger partial charge in [0.1, 0.15) is 4.88 Å². The zero-order valence-electron chi connectivity index (χ0n) is 27.3. The number of aromatic nitrogens is 1. The van der Waals surface area contributed by atoms with Crippen molar-refractivity contribution < 1.29 is 28.6 Å². The maximum absolute atomic E-state index is 13.9. The molecule has 3 atom stereocenters. The number of piperidine rings is 2. The maximum atomic E-state index is 13.9. The summed E-state index contributed by atoms with van der Waals surface area (Å²) in [4.78, 5) is 52.4. The lowest BCUT2D eigenvalue weighted by Gasteiger charge is -2.51. The van der Waals surface area contributed by atoms with Gasteiger partial charge in [-0.15, -0.1) is 0 Å². The van der Waals surface area contributed by atoms with Crippen molar-refractivity contribution in [2.24, 2.45) is 11.8 Å². The maximum Gasteiger partial charge on any atom is 0.265 e. The molecule has 11 nitrogen and oxygen atoms in total. The molecule has 5 heterocycles. The van der Waals surface area contributed by atoms with Gasteiger partial charge in [-0.25, -0.2) is 4.98 Å². The molecule has 3 fully saturated rings. The number of amides is 3. The highest BCUT2D eigenvalue weighted by atomic mass is 32.1. The van der Waals surface area contributed by atoms with Crippen molar-refractivity contribution >= 4 is 34.2 Å². The van der Waals surface area contributed by atoms with Gasteiger partial charge in [0.05, 0.1) is 33.1 Å². The molecule has 46 heavy (non-hydrogen) atoms. The van der Waals surface area contributed by atoms with Crippen molar-refractivity contribution in [1.29, 1.82) is 0 Å². The third-order valence-corrected chi connectivity index (χ3v) is 11.1. The fourth-order valence-electron chi connectivity index (χ4n) is 7.68. The summed E-state index contributed by atoms with van der Waals surface area (Å²) in [5.41, 5.74) is 2.84. The smallest absolute Gasteiger partial charge is 0.265 e. The Labute approximate surface area is 275 Å². The normalized spacial score (nSPS) is 24.7. The molecule has 4 aliphatic rings. The van der Waals surface area contributed by atoms with Crippen LogP contribution in [0.4, 0.5) is 5.13 Å². The Morgan fingerprint density at radius 1 is 1.02 bits per heavy atom. The second-order valence-corrected chi connectivity index (χ2v) is 14.0. The number of nitrogens with zero attached hydrogens (tertiary/aromatic N) is 4. The van der Waals surface area contributed by atoms with Gasteiger partial charge in [0.2, 0.25) is 11.8 Å². The van der Waals surface area contributed by atoms with E-state index in [2.05, 4.69) is 21.2 Å². The minimum absolute atomic E-state index is 0.00695. The topological polar surface area (TPSA) is 114 Å². The highest BCUT2D eigenvalue weighted by molar-refractivity contribution is 7.17. The molecule has 0 radical (unpaired) electrons. The van der Waals surface area contributed by atoms with Gasteiger partial charge in [-0.2, -0.15) is 0 Å². The Bertz CT molecular complexity index is 1420. The predicted molar refractivity (Wildman–Crippen MR) is 176 cm³/mol. The van der Waals surface area contributed by atoms with Gasteiger partial charge in [-0.1, -0.05) is 17.4 Å². The van der Waals surface area contributed by atoms with Crippen molar-refractivity contribution in [2.75, 3.05) is 71.6 Å². The first kappa shape index (κ1) is 32.6. The molecule has 1 N–H and O–H groups in total. The average Bonchev–Trinajstić information content (AvgIpc) is 3.46. The highest BCUT2D eigenvalue weighted by Crippen LogP contribution is 2.38. The number of morpholine rings is 1. The number of benzene rings is 1. The number of aryl methyl sites for hydroxylation is 3. The summed E-state index contributed by atoms with van der Waals surface area (Å²) in [6.07, 6.45) is 5.41. The van der Waals surface area contributed by atoms with Gasteiger partial charge in [-0.3, -0.25) is 14.4 Å². The van der Waals surface area contributed by atoms with Gasteiger partial charge in [-0.05, 0) is 74.5 Å². The minimum Gasteiger partial charge on any atom is -0.493 e. The van der Waals surface area contributed by atoms with Gasteiger partial charge >= 0.3 is 0 Å². The van der Waals surface area contributed by atoms with Crippen LogP contribution in [0.5, 0.6) is 11.5 Å². The van der Waals surface area contributed by atoms with Gasteiger partial charge in [0.25, 0.3) is 5.91 Å². The van der Waals surface area contributed by atoms with Crippen LogP contribution < -0.4 is 19.7 Å². The van der Waals surface area contributed by atoms with E-state index < -0.39 is 0 Å². The van der Waals surface area contributed by atoms with Crippen LogP contribution in [0.1, 0.15) is 65.0 Å². The van der Waals surface area contributed by atoms with Crippen LogP contribution in [0.15, 0.2) is 12.1 Å². The van der Waals surface area contributed by atoms with E-state index >= 15 is 0 Å². The van der Waals surface area contributed by atoms with Crippen LogP contribution in [0.3, 0.4) is 0 Å². The van der Waals surface area contributed by atoms with Crippen LogP contribution in [0.2, 0.25) is 0 Å². The molecule has 1 aromatic heterocycles. The molecular weight excluding hydrogens is 606 g/mol. The third-order valence-electron chi connectivity index (χ3n) is 9.93. The van der Waals surface area contributed by atoms with E-state index in [1.165, 1.54) is 11.3 Å². The molecule has 4 aliphatic heterocycles. The van der Waals surface area contributed by atoms with Crippen LogP contribution in [-0.2, 0) is 27.2 Å². The summed E-state index contributed by atoms with van der Waals surface area (Å²) in [6.45, 7) is 7.30. The summed E-state index contributed by atoms with van der Waals surface area (Å²) in [6, 6.07) is 4.07. The van der Waals surface area contributed by atoms with E-state index in [0.29, 0.717) is 81.5 Å². The Hall–Kier alpha value is -3.38. The van der Waals surface area contributed by atoms with Crippen LogP contribution >= 0.6 is 11.3 Å². The highest BCUT2D eigenvalue weighted by Gasteiger charge is 2.44. The average molecular weight is 654 g/mol. The molecule has 0 unspecified atom stereocenters. The summed E-state index contributed by atoms with van der Waals surface area (Å²) in [5, 5.41) is 3.96. The third kappa shape index (κ3) is 7.12. The number of nitrogens with one attached hydrogen (secondary N) is 1. The Kier molecular flexibility index (Phi) is 10.3. The second-order valence-electron chi connectivity index (χ2n) is 13.0. The SMILES string of the molecule is COc1cc2cc(c1OC)CCCNC(=O)CCC[C@H]1[C@@H]3C[C@@H](CN(C(=O)c4sc(N5CCOCC5)nc4C)C3)CN1C(=O)CC2. The number of thiazole rings is 1. The van der Waals surface area contributed by atoms with Gasteiger partial charge in [0, 0.05) is 58.2 Å². The van der Waals surface area contributed by atoms with E-state index in [1.807, 2.05) is 17.9 Å². The molecule has 3 amide bonds. The van der Waals surface area contributed by atoms with Crippen LogP contribution in [0, 0.1) is 18.8 Å². The molecular formula is C34H47N5O6S. The monoisotopic (exact) mass is 653 g/mol.